The molecule has 2 heterocycles. The molecule has 0 saturated carbocycles. The number of carbonyl (C=O) groups is 1. The van der Waals surface area contributed by atoms with Crippen LogP contribution in [0.1, 0.15) is 27.6 Å². The lowest BCUT2D eigenvalue weighted by molar-refractivity contribution is 0.0587. The lowest BCUT2D eigenvalue weighted by Gasteiger charge is -2.06. The van der Waals surface area contributed by atoms with Crippen molar-refractivity contribution >= 4 is 5.97 Å². The number of methoxy groups -OCH3 is 1. The van der Waals surface area contributed by atoms with Crippen molar-refractivity contribution in [2.45, 2.75) is 13.8 Å². The summed E-state index contributed by atoms with van der Waals surface area (Å²) in [6, 6.07) is 3.78. The fourth-order valence-corrected chi connectivity index (χ4v) is 1.69. The molecule has 0 bridgehead atoms. The molecule has 0 spiro atoms. The normalized spacial score (nSPS) is 10.0. The molecular weight excluding hydrogens is 246 g/mol. The zero-order valence-electron chi connectivity index (χ0n) is 10.7. The molecule has 0 atom stereocenters. The average molecular weight is 257 g/mol. The molecule has 0 aliphatic carbocycles. The first-order valence-corrected chi connectivity index (χ1v) is 5.45. The van der Waals surface area contributed by atoms with E-state index in [9.17, 15) is 10.1 Å². The smallest absolute Gasteiger partial charge is 0.377 e. The molecule has 19 heavy (non-hydrogen) atoms. The van der Waals surface area contributed by atoms with Crippen LogP contribution in [0.2, 0.25) is 0 Å². The number of aryl methyl sites for hydroxylation is 2. The van der Waals surface area contributed by atoms with Crippen molar-refractivity contribution in [3.05, 3.63) is 35.2 Å². The molecule has 7 heteroatoms. The van der Waals surface area contributed by atoms with Crippen LogP contribution in [0, 0.1) is 25.2 Å². The van der Waals surface area contributed by atoms with Crippen LogP contribution in [-0.2, 0) is 4.74 Å². The highest BCUT2D eigenvalue weighted by molar-refractivity contribution is 5.84. The van der Waals surface area contributed by atoms with Gasteiger partial charge in [-0.05, 0) is 19.9 Å². The van der Waals surface area contributed by atoms with Crippen LogP contribution in [0.15, 0.2) is 12.4 Å². The highest BCUT2D eigenvalue weighted by atomic mass is 16.5. The van der Waals surface area contributed by atoms with E-state index in [1.165, 1.54) is 18.1 Å². The minimum absolute atomic E-state index is 0.0569. The molecule has 96 valence electrons. The van der Waals surface area contributed by atoms with E-state index < -0.39 is 5.97 Å². The van der Waals surface area contributed by atoms with Gasteiger partial charge in [0.2, 0.25) is 0 Å². The molecule has 2 rings (SSSR count). The Labute approximate surface area is 109 Å². The average Bonchev–Trinajstić information content (AvgIpc) is 2.86. The summed E-state index contributed by atoms with van der Waals surface area (Å²) in [5, 5.41) is 13.2. The minimum Gasteiger partial charge on any atom is -0.463 e. The molecule has 0 unspecified atom stereocenters. The maximum absolute atomic E-state index is 11.3. The Bertz CT molecular complexity index is 684. The number of esters is 1. The summed E-state index contributed by atoms with van der Waals surface area (Å²) in [7, 11) is 1.25. The molecule has 2 aromatic rings. The van der Waals surface area contributed by atoms with E-state index in [2.05, 4.69) is 25.9 Å². The van der Waals surface area contributed by atoms with Crippen LogP contribution in [-0.4, -0.2) is 32.8 Å². The molecule has 2 aromatic heterocycles. The van der Waals surface area contributed by atoms with Crippen molar-refractivity contribution in [1.29, 1.82) is 5.26 Å². The van der Waals surface area contributed by atoms with Crippen molar-refractivity contribution in [2.24, 2.45) is 0 Å². The van der Waals surface area contributed by atoms with Crippen molar-refractivity contribution in [2.75, 3.05) is 7.11 Å². The first-order valence-electron chi connectivity index (χ1n) is 5.45. The van der Waals surface area contributed by atoms with Gasteiger partial charge in [-0.3, -0.25) is 4.98 Å². The largest absolute Gasteiger partial charge is 0.463 e. The number of rotatable bonds is 2. The third kappa shape index (κ3) is 2.28. The molecule has 0 aliphatic rings. The number of nitrogens with zero attached hydrogens (tertiary/aromatic N) is 5. The van der Waals surface area contributed by atoms with E-state index in [1.54, 1.807) is 13.0 Å². The number of hydrogen-bond donors (Lipinski definition) is 0. The van der Waals surface area contributed by atoms with E-state index in [0.717, 1.165) is 5.69 Å². The Kier molecular flexibility index (Phi) is 3.25. The second kappa shape index (κ2) is 4.86. The van der Waals surface area contributed by atoms with Crippen molar-refractivity contribution in [3.8, 4) is 11.8 Å². The van der Waals surface area contributed by atoms with E-state index in [0.29, 0.717) is 16.9 Å². The predicted octanol–water partition coefficient (Wildman–Crippen LogP) is 0.937. The SMILES string of the molecule is COC(=O)c1ncn(-c2cc(C)nc(C)c2C#N)n1. The number of aromatic nitrogens is 4. The highest BCUT2D eigenvalue weighted by Crippen LogP contribution is 2.17. The Balaban J connectivity index is 2.56. The van der Waals surface area contributed by atoms with Gasteiger partial charge in [0.1, 0.15) is 12.4 Å². The Morgan fingerprint density at radius 3 is 2.84 bits per heavy atom. The molecule has 0 aromatic carbocycles. The third-order valence-electron chi connectivity index (χ3n) is 2.53. The summed E-state index contributed by atoms with van der Waals surface area (Å²) in [4.78, 5) is 19.4. The minimum atomic E-state index is -0.625. The number of carbonyl (C=O) groups excluding carboxylic acids is 1. The predicted molar refractivity (Wildman–Crippen MR) is 64.7 cm³/mol. The third-order valence-corrected chi connectivity index (χ3v) is 2.53. The van der Waals surface area contributed by atoms with E-state index in [4.69, 9.17) is 0 Å². The van der Waals surface area contributed by atoms with Gasteiger partial charge in [-0.2, -0.15) is 5.26 Å². The van der Waals surface area contributed by atoms with Crippen molar-refractivity contribution < 1.29 is 9.53 Å². The Morgan fingerprint density at radius 1 is 1.47 bits per heavy atom. The van der Waals surface area contributed by atoms with Crippen LogP contribution in [0.3, 0.4) is 0 Å². The zero-order chi connectivity index (χ0) is 14.0. The first kappa shape index (κ1) is 12.7. The van der Waals surface area contributed by atoms with Gasteiger partial charge >= 0.3 is 5.97 Å². The Morgan fingerprint density at radius 2 is 2.21 bits per heavy atom. The fourth-order valence-electron chi connectivity index (χ4n) is 1.69. The van der Waals surface area contributed by atoms with Gasteiger partial charge in [0.25, 0.3) is 5.82 Å². The molecule has 0 radical (unpaired) electrons. The van der Waals surface area contributed by atoms with E-state index >= 15 is 0 Å². The van der Waals surface area contributed by atoms with Gasteiger partial charge in [0.05, 0.1) is 24.1 Å². The zero-order valence-corrected chi connectivity index (χ0v) is 10.7. The van der Waals surface area contributed by atoms with Crippen LogP contribution in [0.25, 0.3) is 5.69 Å². The topological polar surface area (TPSA) is 93.7 Å². The summed E-state index contributed by atoms with van der Waals surface area (Å²) >= 11 is 0. The molecule has 0 N–H and O–H groups in total. The van der Waals surface area contributed by atoms with Crippen molar-refractivity contribution in [3.63, 3.8) is 0 Å². The van der Waals surface area contributed by atoms with Crippen LogP contribution in [0.4, 0.5) is 0 Å². The summed E-state index contributed by atoms with van der Waals surface area (Å²) in [5.41, 5.74) is 2.29. The summed E-state index contributed by atoms with van der Waals surface area (Å²) in [6.45, 7) is 3.56. The monoisotopic (exact) mass is 257 g/mol. The van der Waals surface area contributed by atoms with Gasteiger partial charge in [0, 0.05) is 5.69 Å². The summed E-state index contributed by atoms with van der Waals surface area (Å²) in [5.74, 6) is -0.682. The quantitative estimate of drug-likeness (QED) is 0.743. The highest BCUT2D eigenvalue weighted by Gasteiger charge is 2.15. The molecule has 0 aliphatic heterocycles. The number of nitriles is 1. The fraction of sp³-hybridized carbons (Fsp3) is 0.250. The second-order valence-electron chi connectivity index (χ2n) is 3.86. The summed E-state index contributed by atoms with van der Waals surface area (Å²) in [6.07, 6.45) is 1.36. The molecule has 0 fully saturated rings. The number of ether oxygens (including phenoxy) is 1. The maximum Gasteiger partial charge on any atom is 0.377 e. The standard InChI is InChI=1S/C12H11N5O2/c1-7-4-10(9(5-13)8(2)15-7)17-6-14-11(16-17)12(18)19-3/h4,6H,1-3H3. The van der Waals surface area contributed by atoms with E-state index in [1.807, 2.05) is 6.92 Å². The lowest BCUT2D eigenvalue weighted by Crippen LogP contribution is -2.07. The van der Waals surface area contributed by atoms with E-state index in [-0.39, 0.29) is 5.82 Å². The second-order valence-corrected chi connectivity index (χ2v) is 3.86. The van der Waals surface area contributed by atoms with Gasteiger partial charge in [-0.1, -0.05) is 0 Å². The Hall–Kier alpha value is -2.75. The first-order chi connectivity index (χ1) is 9.06. The summed E-state index contributed by atoms with van der Waals surface area (Å²) < 4.78 is 5.90. The van der Waals surface area contributed by atoms with Crippen LogP contribution < -0.4 is 0 Å². The van der Waals surface area contributed by atoms with Crippen molar-refractivity contribution in [1.82, 2.24) is 19.7 Å². The van der Waals surface area contributed by atoms with Gasteiger partial charge in [-0.25, -0.2) is 14.5 Å². The molecule has 0 saturated heterocycles. The van der Waals surface area contributed by atoms with Gasteiger partial charge in [-0.15, -0.1) is 5.10 Å². The number of pyridine rings is 1. The van der Waals surface area contributed by atoms with Crippen LogP contribution in [0.5, 0.6) is 0 Å². The van der Waals surface area contributed by atoms with Gasteiger partial charge in [0.15, 0.2) is 0 Å². The lowest BCUT2D eigenvalue weighted by atomic mass is 10.1. The maximum atomic E-state index is 11.3. The molecule has 7 nitrogen and oxygen atoms in total. The van der Waals surface area contributed by atoms with Crippen LogP contribution >= 0.6 is 0 Å². The molecule has 0 amide bonds. The number of hydrogen-bond acceptors (Lipinski definition) is 6. The van der Waals surface area contributed by atoms with Gasteiger partial charge < -0.3 is 4.74 Å². The molecular formula is C12H11N5O2.